The minimum Gasteiger partial charge on any atom is -0.465 e. The second kappa shape index (κ2) is 6.74. The molecule has 0 radical (unpaired) electrons. The molecule has 1 aromatic heterocycles. The first-order chi connectivity index (χ1) is 11.0. The molecule has 0 saturated carbocycles. The van der Waals surface area contributed by atoms with E-state index in [1.165, 1.54) is 20.0 Å². The number of fused-ring (bicyclic) bond motifs is 2. The number of nitrogens with one attached hydrogen (secondary N) is 2. The fourth-order valence-corrected chi connectivity index (χ4v) is 3.81. The third-order valence-corrected chi connectivity index (χ3v) is 4.88. The van der Waals surface area contributed by atoms with Crippen LogP contribution >= 0.6 is 0 Å². The highest BCUT2D eigenvalue weighted by Crippen LogP contribution is 2.32. The molecule has 126 valence electrons. The average Bonchev–Trinajstić information content (AvgIpc) is 3.07. The number of ether oxygens (including phenoxy) is 1. The maximum absolute atomic E-state index is 12.1. The fraction of sp³-hybridized carbons (Fsp3) is 0.647. The molecule has 0 spiro atoms. The zero-order chi connectivity index (χ0) is 16.4. The van der Waals surface area contributed by atoms with Crippen molar-refractivity contribution in [2.75, 3.05) is 7.11 Å². The molecule has 6 nitrogen and oxygen atoms in total. The van der Waals surface area contributed by atoms with Crippen molar-refractivity contribution in [3.63, 3.8) is 0 Å². The van der Waals surface area contributed by atoms with Gasteiger partial charge in [-0.05, 0) is 44.6 Å². The number of amides is 1. The van der Waals surface area contributed by atoms with Crippen molar-refractivity contribution in [3.8, 4) is 0 Å². The molecule has 2 atom stereocenters. The van der Waals surface area contributed by atoms with E-state index < -0.39 is 5.97 Å². The van der Waals surface area contributed by atoms with Gasteiger partial charge in [-0.1, -0.05) is 0 Å². The Morgan fingerprint density at radius 1 is 1.35 bits per heavy atom. The minimum absolute atomic E-state index is 0.0463. The van der Waals surface area contributed by atoms with Gasteiger partial charge in [-0.25, -0.2) is 4.79 Å². The summed E-state index contributed by atoms with van der Waals surface area (Å²) in [5.41, 5.74) is 0.409. The monoisotopic (exact) mass is 320 g/mol. The van der Waals surface area contributed by atoms with E-state index in [0.717, 1.165) is 12.8 Å². The summed E-state index contributed by atoms with van der Waals surface area (Å²) in [6, 6.07) is 2.83. The molecule has 1 aromatic rings. The number of methoxy groups -OCH3 is 1. The molecule has 0 aromatic carbocycles. The van der Waals surface area contributed by atoms with Crippen molar-refractivity contribution in [3.05, 3.63) is 23.2 Å². The highest BCUT2D eigenvalue weighted by Gasteiger charge is 2.34. The van der Waals surface area contributed by atoms with E-state index in [1.807, 2.05) is 0 Å². The van der Waals surface area contributed by atoms with Gasteiger partial charge in [0.25, 0.3) is 0 Å². The van der Waals surface area contributed by atoms with Crippen LogP contribution in [0.1, 0.15) is 54.0 Å². The van der Waals surface area contributed by atoms with E-state index >= 15 is 0 Å². The van der Waals surface area contributed by atoms with E-state index in [2.05, 4.69) is 10.6 Å². The first-order valence-electron chi connectivity index (χ1n) is 8.25. The first-order valence-corrected chi connectivity index (χ1v) is 8.25. The first kappa shape index (κ1) is 16.1. The van der Waals surface area contributed by atoms with Crippen molar-refractivity contribution in [1.29, 1.82) is 0 Å². The zero-order valence-corrected chi connectivity index (χ0v) is 13.7. The number of aryl methyl sites for hydroxylation is 1. The number of furan rings is 1. The van der Waals surface area contributed by atoms with E-state index in [9.17, 15) is 9.59 Å². The molecule has 23 heavy (non-hydrogen) atoms. The van der Waals surface area contributed by atoms with Crippen LogP contribution in [0, 0.1) is 12.8 Å². The predicted molar refractivity (Wildman–Crippen MR) is 83.9 cm³/mol. The fourth-order valence-electron chi connectivity index (χ4n) is 3.81. The number of hydrogen-bond acceptors (Lipinski definition) is 5. The largest absolute Gasteiger partial charge is 0.465 e. The Hall–Kier alpha value is -1.82. The van der Waals surface area contributed by atoms with E-state index in [0.29, 0.717) is 48.1 Å². The van der Waals surface area contributed by atoms with Crippen molar-refractivity contribution in [2.45, 2.75) is 57.7 Å². The zero-order valence-electron chi connectivity index (χ0n) is 13.7. The smallest absolute Gasteiger partial charge is 0.341 e. The molecular weight excluding hydrogens is 296 g/mol. The molecule has 2 aliphatic heterocycles. The van der Waals surface area contributed by atoms with Gasteiger partial charge < -0.3 is 19.8 Å². The quantitative estimate of drug-likeness (QED) is 0.810. The van der Waals surface area contributed by atoms with Crippen LogP contribution in [0.2, 0.25) is 0 Å². The lowest BCUT2D eigenvalue weighted by Crippen LogP contribution is -2.39. The number of rotatable bonds is 5. The third kappa shape index (κ3) is 3.75. The Morgan fingerprint density at radius 2 is 2.04 bits per heavy atom. The molecule has 1 amide bonds. The molecular formula is C17H24N2O4. The maximum atomic E-state index is 12.1. The minimum atomic E-state index is -0.422. The summed E-state index contributed by atoms with van der Waals surface area (Å²) in [4.78, 5) is 23.7. The summed E-state index contributed by atoms with van der Waals surface area (Å²) in [6.45, 7) is 2.01. The third-order valence-electron chi connectivity index (χ3n) is 4.88. The van der Waals surface area contributed by atoms with Gasteiger partial charge in [-0.3, -0.25) is 4.79 Å². The van der Waals surface area contributed by atoms with E-state index in [-0.39, 0.29) is 5.91 Å². The maximum Gasteiger partial charge on any atom is 0.341 e. The van der Waals surface area contributed by atoms with Crippen molar-refractivity contribution in [1.82, 2.24) is 10.6 Å². The Labute approximate surface area is 135 Å². The van der Waals surface area contributed by atoms with Gasteiger partial charge in [-0.2, -0.15) is 0 Å². The Morgan fingerprint density at radius 3 is 2.70 bits per heavy atom. The Balaban J connectivity index is 1.48. The van der Waals surface area contributed by atoms with Crippen molar-refractivity contribution < 1.29 is 18.7 Å². The molecule has 2 bridgehead atoms. The molecule has 3 rings (SSSR count). The molecule has 2 unspecified atom stereocenters. The Bertz CT molecular complexity index is 583. The van der Waals surface area contributed by atoms with Gasteiger partial charge >= 0.3 is 5.97 Å². The van der Waals surface area contributed by atoms with Crippen LogP contribution in [0.5, 0.6) is 0 Å². The van der Waals surface area contributed by atoms with Crippen LogP contribution in [-0.2, 0) is 16.1 Å². The second-order valence-electron chi connectivity index (χ2n) is 6.63. The molecule has 2 N–H and O–H groups in total. The number of esters is 1. The summed E-state index contributed by atoms with van der Waals surface area (Å²) >= 11 is 0. The highest BCUT2D eigenvalue weighted by molar-refractivity contribution is 5.90. The summed E-state index contributed by atoms with van der Waals surface area (Å²) in [5, 5.41) is 6.47. The molecule has 0 aliphatic carbocycles. The number of hydrogen-bond donors (Lipinski definition) is 2. The van der Waals surface area contributed by atoms with Gasteiger partial charge in [0.15, 0.2) is 0 Å². The number of piperidine rings is 1. The number of carbonyl (C=O) groups is 2. The van der Waals surface area contributed by atoms with Crippen LogP contribution in [0.15, 0.2) is 10.5 Å². The van der Waals surface area contributed by atoms with Crippen molar-refractivity contribution in [2.24, 2.45) is 5.92 Å². The van der Waals surface area contributed by atoms with Gasteiger partial charge in [0.05, 0.1) is 13.7 Å². The van der Waals surface area contributed by atoms with Crippen LogP contribution < -0.4 is 10.6 Å². The normalized spacial score (nSPS) is 26.1. The molecule has 3 heterocycles. The van der Waals surface area contributed by atoms with Gasteiger partial charge in [-0.15, -0.1) is 0 Å². The van der Waals surface area contributed by atoms with Gasteiger partial charge in [0.2, 0.25) is 5.91 Å². The second-order valence-corrected chi connectivity index (χ2v) is 6.63. The lowest BCUT2D eigenvalue weighted by Gasteiger charge is -2.28. The molecule has 2 aliphatic rings. The average molecular weight is 320 g/mol. The standard InChI is InChI=1S/C17H24N2O4/c1-10-15(17(21)22-2)8-14(23-10)9-18-16(20)7-11-5-12-3-4-13(6-11)19-12/h8,11-13,19H,3-7,9H2,1-2H3,(H,18,20). The van der Waals surface area contributed by atoms with Crippen molar-refractivity contribution >= 4 is 11.9 Å². The Kier molecular flexibility index (Phi) is 4.71. The summed E-state index contributed by atoms with van der Waals surface area (Å²) < 4.78 is 10.2. The van der Waals surface area contributed by atoms with E-state index in [1.54, 1.807) is 13.0 Å². The van der Waals surface area contributed by atoms with E-state index in [4.69, 9.17) is 9.15 Å². The summed E-state index contributed by atoms with van der Waals surface area (Å²) in [5.74, 6) is 1.18. The SMILES string of the molecule is COC(=O)c1cc(CNC(=O)CC2CC3CCC(C2)N3)oc1C. The summed E-state index contributed by atoms with van der Waals surface area (Å²) in [7, 11) is 1.34. The van der Waals surface area contributed by atoms with Gasteiger partial charge in [0, 0.05) is 18.5 Å². The van der Waals surface area contributed by atoms with Gasteiger partial charge in [0.1, 0.15) is 17.1 Å². The lowest BCUT2D eigenvalue weighted by atomic mass is 9.89. The predicted octanol–water partition coefficient (Wildman–Crippen LogP) is 1.91. The topological polar surface area (TPSA) is 80.6 Å². The molecule has 2 fully saturated rings. The van der Waals surface area contributed by atoms with Crippen LogP contribution in [-0.4, -0.2) is 31.1 Å². The van der Waals surface area contributed by atoms with Crippen LogP contribution in [0.3, 0.4) is 0 Å². The summed E-state index contributed by atoms with van der Waals surface area (Å²) in [6.07, 6.45) is 5.24. The lowest BCUT2D eigenvalue weighted by molar-refractivity contribution is -0.122. The molecule has 2 saturated heterocycles. The molecule has 6 heteroatoms. The van der Waals surface area contributed by atoms with Crippen LogP contribution in [0.25, 0.3) is 0 Å². The highest BCUT2D eigenvalue weighted by atomic mass is 16.5. The van der Waals surface area contributed by atoms with Crippen LogP contribution in [0.4, 0.5) is 0 Å². The number of carbonyl (C=O) groups excluding carboxylic acids is 2.